The average Bonchev–Trinajstić information content (AvgIpc) is 3.22. The Morgan fingerprint density at radius 3 is 2.92 bits per heavy atom. The van der Waals surface area contributed by atoms with Gasteiger partial charge in [0.25, 0.3) is 0 Å². The van der Waals surface area contributed by atoms with Crippen molar-refractivity contribution < 1.29 is 9.42 Å². The Morgan fingerprint density at radius 1 is 1.24 bits per heavy atom. The van der Waals surface area contributed by atoms with Crippen LogP contribution in [0, 0.1) is 13.8 Å². The van der Waals surface area contributed by atoms with E-state index in [0.29, 0.717) is 6.54 Å². The molecule has 2 aliphatic heterocycles. The molecule has 1 fully saturated rings. The predicted octanol–water partition coefficient (Wildman–Crippen LogP) is 2.80. The van der Waals surface area contributed by atoms with E-state index >= 15 is 0 Å². The molecule has 1 aromatic carbocycles. The highest BCUT2D eigenvalue weighted by Crippen LogP contribution is 2.33. The van der Waals surface area contributed by atoms with Crippen LogP contribution in [0.5, 0.6) is 0 Å². The minimum absolute atomic E-state index is 0.137. The Labute approximate surface area is 147 Å². The Bertz CT molecular complexity index is 785. The van der Waals surface area contributed by atoms with Gasteiger partial charge in [-0.15, -0.1) is 0 Å². The summed E-state index contributed by atoms with van der Waals surface area (Å²) in [6.45, 7) is 6.15. The van der Waals surface area contributed by atoms with Gasteiger partial charge in [0.1, 0.15) is 11.4 Å². The van der Waals surface area contributed by atoms with E-state index in [1.165, 1.54) is 11.1 Å². The third-order valence-electron chi connectivity index (χ3n) is 5.36. The highest BCUT2D eigenvalue weighted by atomic mass is 16.6. The number of nitrogens with zero attached hydrogens (tertiary/aromatic N) is 4. The van der Waals surface area contributed by atoms with E-state index in [1.807, 2.05) is 11.8 Å². The lowest BCUT2D eigenvalue weighted by Gasteiger charge is -2.32. The van der Waals surface area contributed by atoms with Gasteiger partial charge in [-0.25, -0.2) is 4.63 Å². The van der Waals surface area contributed by atoms with Crippen LogP contribution in [-0.4, -0.2) is 40.8 Å². The standard InChI is InChI=1S/C19H24N4O2/c1-13-7-8-16-15(11-13)5-3-10-23(16)18(24)12-22-9-4-6-17(22)19-14(2)20-25-21-19/h7-8,11,17H,3-6,9-10,12H2,1-2H3. The second-order valence-electron chi connectivity index (χ2n) is 7.14. The number of hydrogen-bond donors (Lipinski definition) is 0. The van der Waals surface area contributed by atoms with Crippen LogP contribution in [0.2, 0.25) is 0 Å². The average molecular weight is 340 g/mol. The molecule has 0 radical (unpaired) electrons. The van der Waals surface area contributed by atoms with Gasteiger partial charge in [-0.2, -0.15) is 0 Å². The van der Waals surface area contributed by atoms with Crippen LogP contribution in [0.3, 0.4) is 0 Å². The molecular formula is C19H24N4O2. The molecule has 0 spiro atoms. The second-order valence-corrected chi connectivity index (χ2v) is 7.14. The first-order valence-corrected chi connectivity index (χ1v) is 9.06. The van der Waals surface area contributed by atoms with Crippen LogP contribution in [0.1, 0.15) is 47.8 Å². The van der Waals surface area contributed by atoms with E-state index in [1.54, 1.807) is 0 Å². The first-order valence-electron chi connectivity index (χ1n) is 9.06. The molecule has 1 atom stereocenters. The summed E-state index contributed by atoms with van der Waals surface area (Å²) in [5.41, 5.74) is 5.32. The minimum atomic E-state index is 0.137. The SMILES string of the molecule is Cc1ccc2c(c1)CCCN2C(=O)CN1CCCC1c1nonc1C. The van der Waals surface area contributed by atoms with Gasteiger partial charge in [-0.05, 0) is 57.7 Å². The monoisotopic (exact) mass is 340 g/mol. The molecule has 132 valence electrons. The molecule has 2 aliphatic rings. The molecule has 0 bridgehead atoms. The number of hydrogen-bond acceptors (Lipinski definition) is 5. The van der Waals surface area contributed by atoms with Crippen LogP contribution < -0.4 is 4.90 Å². The van der Waals surface area contributed by atoms with E-state index in [0.717, 1.165) is 55.8 Å². The second kappa shape index (κ2) is 6.59. The molecule has 0 saturated carbocycles. The van der Waals surface area contributed by atoms with Crippen molar-refractivity contribution in [3.05, 3.63) is 40.7 Å². The zero-order chi connectivity index (χ0) is 17.4. The molecule has 4 rings (SSSR count). The Kier molecular flexibility index (Phi) is 4.29. The number of carbonyl (C=O) groups is 1. The molecule has 25 heavy (non-hydrogen) atoms. The fraction of sp³-hybridized carbons (Fsp3) is 0.526. The normalized spacial score (nSPS) is 20.7. The van der Waals surface area contributed by atoms with Crippen molar-refractivity contribution in [2.45, 2.75) is 45.6 Å². The van der Waals surface area contributed by atoms with Crippen LogP contribution >= 0.6 is 0 Å². The molecule has 0 N–H and O–H groups in total. The van der Waals surface area contributed by atoms with E-state index in [2.05, 4.69) is 40.3 Å². The summed E-state index contributed by atoms with van der Waals surface area (Å²) >= 11 is 0. The number of rotatable bonds is 3. The Morgan fingerprint density at radius 2 is 2.12 bits per heavy atom. The number of benzene rings is 1. The highest BCUT2D eigenvalue weighted by molar-refractivity contribution is 5.96. The van der Waals surface area contributed by atoms with Crippen molar-refractivity contribution in [3.8, 4) is 0 Å². The van der Waals surface area contributed by atoms with Crippen LogP contribution in [0.15, 0.2) is 22.8 Å². The maximum Gasteiger partial charge on any atom is 0.241 e. The summed E-state index contributed by atoms with van der Waals surface area (Å²) in [6, 6.07) is 6.53. The van der Waals surface area contributed by atoms with Gasteiger partial charge in [0.2, 0.25) is 5.91 Å². The van der Waals surface area contributed by atoms with Crippen LogP contribution in [-0.2, 0) is 11.2 Å². The van der Waals surface area contributed by atoms with Crippen molar-refractivity contribution in [1.82, 2.24) is 15.2 Å². The van der Waals surface area contributed by atoms with Gasteiger partial charge >= 0.3 is 0 Å². The van der Waals surface area contributed by atoms with Crippen molar-refractivity contribution >= 4 is 11.6 Å². The fourth-order valence-corrected chi connectivity index (χ4v) is 4.11. The topological polar surface area (TPSA) is 62.5 Å². The summed E-state index contributed by atoms with van der Waals surface area (Å²) in [4.78, 5) is 17.2. The quantitative estimate of drug-likeness (QED) is 0.860. The summed E-state index contributed by atoms with van der Waals surface area (Å²) in [7, 11) is 0. The molecular weight excluding hydrogens is 316 g/mol. The Hall–Kier alpha value is -2.21. The number of likely N-dealkylation sites (tertiary alicyclic amines) is 1. The van der Waals surface area contributed by atoms with Gasteiger partial charge in [-0.1, -0.05) is 28.0 Å². The number of fused-ring (bicyclic) bond motifs is 1. The first-order chi connectivity index (χ1) is 12.1. The van der Waals surface area contributed by atoms with Gasteiger partial charge < -0.3 is 4.90 Å². The number of aromatic nitrogens is 2. The molecule has 1 unspecified atom stereocenters. The first kappa shape index (κ1) is 16.3. The number of amides is 1. The molecule has 2 aromatic rings. The van der Waals surface area contributed by atoms with Crippen molar-refractivity contribution in [2.24, 2.45) is 0 Å². The molecule has 3 heterocycles. The lowest BCUT2D eigenvalue weighted by atomic mass is 9.99. The summed E-state index contributed by atoms with van der Waals surface area (Å²) in [5.74, 6) is 0.172. The summed E-state index contributed by atoms with van der Waals surface area (Å²) in [6.07, 6.45) is 4.15. The van der Waals surface area contributed by atoms with Gasteiger partial charge in [-0.3, -0.25) is 9.69 Å². The van der Waals surface area contributed by atoms with Crippen LogP contribution in [0.4, 0.5) is 5.69 Å². The molecule has 1 amide bonds. The lowest BCUT2D eigenvalue weighted by molar-refractivity contribution is -0.120. The maximum atomic E-state index is 13.0. The fourth-order valence-electron chi connectivity index (χ4n) is 4.11. The molecule has 1 saturated heterocycles. The number of aryl methyl sites for hydroxylation is 3. The highest BCUT2D eigenvalue weighted by Gasteiger charge is 2.33. The maximum absolute atomic E-state index is 13.0. The predicted molar refractivity (Wildman–Crippen MR) is 94.4 cm³/mol. The van der Waals surface area contributed by atoms with Gasteiger partial charge in [0, 0.05) is 12.2 Å². The zero-order valence-corrected chi connectivity index (χ0v) is 14.9. The molecule has 6 heteroatoms. The van der Waals surface area contributed by atoms with E-state index in [9.17, 15) is 4.79 Å². The summed E-state index contributed by atoms with van der Waals surface area (Å²) in [5, 5.41) is 7.96. The van der Waals surface area contributed by atoms with Crippen LogP contribution in [0.25, 0.3) is 0 Å². The molecule has 1 aromatic heterocycles. The van der Waals surface area contributed by atoms with Gasteiger partial charge in [0.15, 0.2) is 0 Å². The van der Waals surface area contributed by atoms with Gasteiger partial charge in [0.05, 0.1) is 12.6 Å². The lowest BCUT2D eigenvalue weighted by Crippen LogP contribution is -2.42. The minimum Gasteiger partial charge on any atom is -0.311 e. The van der Waals surface area contributed by atoms with E-state index < -0.39 is 0 Å². The van der Waals surface area contributed by atoms with Crippen molar-refractivity contribution in [3.63, 3.8) is 0 Å². The van der Waals surface area contributed by atoms with Crippen molar-refractivity contribution in [2.75, 3.05) is 24.5 Å². The summed E-state index contributed by atoms with van der Waals surface area (Å²) < 4.78 is 4.86. The zero-order valence-electron chi connectivity index (χ0n) is 14.9. The Balaban J connectivity index is 1.52. The van der Waals surface area contributed by atoms with E-state index in [4.69, 9.17) is 4.63 Å². The van der Waals surface area contributed by atoms with Crippen molar-refractivity contribution in [1.29, 1.82) is 0 Å². The third kappa shape index (κ3) is 3.06. The third-order valence-corrected chi connectivity index (χ3v) is 5.36. The molecule has 0 aliphatic carbocycles. The number of carbonyl (C=O) groups excluding carboxylic acids is 1. The largest absolute Gasteiger partial charge is 0.311 e. The number of anilines is 1. The smallest absolute Gasteiger partial charge is 0.241 e. The molecule has 6 nitrogen and oxygen atoms in total. The van der Waals surface area contributed by atoms with E-state index in [-0.39, 0.29) is 11.9 Å².